The van der Waals surface area contributed by atoms with Crippen molar-refractivity contribution < 1.29 is 9.59 Å². The lowest BCUT2D eigenvalue weighted by Crippen LogP contribution is -2.30. The van der Waals surface area contributed by atoms with Gasteiger partial charge in [0.2, 0.25) is 5.91 Å². The van der Waals surface area contributed by atoms with Crippen molar-refractivity contribution in [2.24, 2.45) is 5.73 Å². The van der Waals surface area contributed by atoms with Crippen molar-refractivity contribution >= 4 is 28.4 Å². The monoisotopic (exact) mass is 326 g/mol. The molecule has 0 aliphatic carbocycles. The van der Waals surface area contributed by atoms with Crippen molar-refractivity contribution in [3.05, 3.63) is 41.6 Å². The smallest absolute Gasteiger partial charge is 0.250 e. The van der Waals surface area contributed by atoms with Crippen molar-refractivity contribution in [2.75, 3.05) is 18.4 Å². The van der Waals surface area contributed by atoms with E-state index >= 15 is 0 Å². The van der Waals surface area contributed by atoms with Gasteiger partial charge in [0.15, 0.2) is 0 Å². The lowest BCUT2D eigenvalue weighted by atomic mass is 10.0. The van der Waals surface area contributed by atoms with Gasteiger partial charge in [-0.3, -0.25) is 9.59 Å². The minimum Gasteiger partial charge on any atom is -0.380 e. The number of rotatable bonds is 4. The number of nitrogens with zero attached hydrogens (tertiary/aromatic N) is 1. The number of anilines is 1. The minimum atomic E-state index is -0.448. The molecule has 24 heavy (non-hydrogen) atoms. The molecule has 1 fully saturated rings. The second-order valence-electron chi connectivity index (χ2n) is 6.27. The lowest BCUT2D eigenvalue weighted by Gasteiger charge is -2.17. The topological polar surface area (TPSA) is 91.2 Å². The zero-order valence-electron chi connectivity index (χ0n) is 14.0. The summed E-state index contributed by atoms with van der Waals surface area (Å²) in [6.45, 7) is 8.90. The molecule has 0 unspecified atom stereocenters. The fourth-order valence-corrected chi connectivity index (χ4v) is 3.34. The number of carbonyl (C=O) groups is 2. The molecule has 1 aliphatic heterocycles. The molecule has 1 aromatic heterocycles. The maximum atomic E-state index is 11.7. The van der Waals surface area contributed by atoms with Crippen LogP contribution in [0, 0.1) is 13.8 Å². The third kappa shape index (κ3) is 2.64. The van der Waals surface area contributed by atoms with Crippen LogP contribution < -0.4 is 11.1 Å². The molecule has 4 N–H and O–H groups in total. The predicted octanol–water partition coefficient (Wildman–Crippen LogP) is 2.08. The fourth-order valence-electron chi connectivity index (χ4n) is 3.34. The van der Waals surface area contributed by atoms with Crippen molar-refractivity contribution in [2.45, 2.75) is 26.3 Å². The van der Waals surface area contributed by atoms with E-state index in [2.05, 4.69) is 16.9 Å². The van der Waals surface area contributed by atoms with Gasteiger partial charge in [0.05, 0.1) is 11.1 Å². The Morgan fingerprint density at radius 2 is 2.17 bits per heavy atom. The van der Waals surface area contributed by atoms with E-state index in [0.29, 0.717) is 12.1 Å². The van der Waals surface area contributed by atoms with Crippen LogP contribution in [0.5, 0.6) is 0 Å². The van der Waals surface area contributed by atoms with Crippen LogP contribution >= 0.6 is 0 Å². The minimum absolute atomic E-state index is 0.0396. The number of nitrogens with two attached hydrogens (primary N) is 1. The van der Waals surface area contributed by atoms with Gasteiger partial charge in [0.25, 0.3) is 5.91 Å². The first-order valence-corrected chi connectivity index (χ1v) is 8.02. The molecule has 0 spiro atoms. The molecule has 2 heterocycles. The fraction of sp³-hybridized carbons (Fsp3) is 0.333. The number of hydrogen-bond donors (Lipinski definition) is 3. The summed E-state index contributed by atoms with van der Waals surface area (Å²) in [5, 5.41) is 4.50. The van der Waals surface area contributed by atoms with Gasteiger partial charge < -0.3 is 20.9 Å². The van der Waals surface area contributed by atoms with Gasteiger partial charge in [0, 0.05) is 35.9 Å². The largest absolute Gasteiger partial charge is 0.380 e. The van der Waals surface area contributed by atoms with Gasteiger partial charge in [-0.05, 0) is 44.0 Å². The third-order valence-electron chi connectivity index (χ3n) is 4.75. The highest BCUT2D eigenvalue weighted by molar-refractivity contribution is 6.09. The Kier molecular flexibility index (Phi) is 4.05. The Bertz CT molecular complexity index is 837. The Balaban J connectivity index is 1.94. The molecule has 1 atom stereocenters. The van der Waals surface area contributed by atoms with Crippen LogP contribution in [0.25, 0.3) is 10.9 Å². The first-order chi connectivity index (χ1) is 11.4. The maximum absolute atomic E-state index is 11.7. The van der Waals surface area contributed by atoms with E-state index in [1.165, 1.54) is 6.08 Å². The highest BCUT2D eigenvalue weighted by atomic mass is 16.2. The first-order valence-electron chi connectivity index (χ1n) is 8.02. The quantitative estimate of drug-likeness (QED) is 0.751. The van der Waals surface area contributed by atoms with E-state index in [0.717, 1.165) is 40.8 Å². The van der Waals surface area contributed by atoms with Crippen LogP contribution in [0.2, 0.25) is 0 Å². The molecule has 0 bridgehead atoms. The molecule has 2 aromatic rings. The van der Waals surface area contributed by atoms with Crippen LogP contribution in [0.1, 0.15) is 28.0 Å². The number of aryl methyl sites for hydroxylation is 2. The summed E-state index contributed by atoms with van der Waals surface area (Å²) in [7, 11) is 0. The number of carbonyl (C=O) groups excluding carboxylic acids is 2. The van der Waals surface area contributed by atoms with E-state index in [9.17, 15) is 9.59 Å². The summed E-state index contributed by atoms with van der Waals surface area (Å²) < 4.78 is 0. The van der Waals surface area contributed by atoms with Crippen molar-refractivity contribution in [1.29, 1.82) is 0 Å². The molecule has 6 heteroatoms. The summed E-state index contributed by atoms with van der Waals surface area (Å²) in [5.41, 5.74) is 9.79. The number of H-pyrrole nitrogens is 1. The SMILES string of the molecule is C=CC(=O)N1CC[C@H](Nc2ccc(C(N)=O)c3[nH]c(C)c(C)c23)C1. The molecule has 0 radical (unpaired) electrons. The number of fused-ring (bicyclic) bond motifs is 1. The van der Waals surface area contributed by atoms with E-state index in [-0.39, 0.29) is 11.9 Å². The van der Waals surface area contributed by atoms with Gasteiger partial charge >= 0.3 is 0 Å². The number of hydrogen-bond acceptors (Lipinski definition) is 3. The Hall–Kier alpha value is -2.76. The number of primary amides is 1. The molecule has 6 nitrogen and oxygen atoms in total. The Morgan fingerprint density at radius 3 is 2.83 bits per heavy atom. The standard InChI is InChI=1S/C18H22N4O2/c1-4-15(23)22-8-7-12(9-22)21-14-6-5-13(18(19)24)17-16(14)10(2)11(3)20-17/h4-6,12,20-21H,1,7-9H2,2-3H3,(H2,19,24)/t12-/m0/s1. The summed E-state index contributed by atoms with van der Waals surface area (Å²) in [4.78, 5) is 28.4. The Labute approximate surface area is 140 Å². The van der Waals surface area contributed by atoms with Crippen LogP contribution in [-0.2, 0) is 4.79 Å². The number of benzene rings is 1. The molecule has 126 valence electrons. The highest BCUT2D eigenvalue weighted by Gasteiger charge is 2.26. The van der Waals surface area contributed by atoms with Gasteiger partial charge in [-0.2, -0.15) is 0 Å². The number of aromatic nitrogens is 1. The van der Waals surface area contributed by atoms with Gasteiger partial charge in [-0.1, -0.05) is 6.58 Å². The number of likely N-dealkylation sites (tertiary alicyclic amines) is 1. The molecule has 1 saturated heterocycles. The molecule has 1 aromatic carbocycles. The average Bonchev–Trinajstić information content (AvgIpc) is 3.12. The molecular formula is C18H22N4O2. The third-order valence-corrected chi connectivity index (χ3v) is 4.75. The van der Waals surface area contributed by atoms with Crippen LogP contribution in [0.3, 0.4) is 0 Å². The summed E-state index contributed by atoms with van der Waals surface area (Å²) in [5.74, 6) is -0.487. The first kappa shape index (κ1) is 16.1. The summed E-state index contributed by atoms with van der Waals surface area (Å²) in [6.07, 6.45) is 2.23. The molecule has 1 aliphatic rings. The van der Waals surface area contributed by atoms with Crippen LogP contribution in [-0.4, -0.2) is 40.8 Å². The van der Waals surface area contributed by atoms with E-state index in [1.807, 2.05) is 19.9 Å². The van der Waals surface area contributed by atoms with E-state index < -0.39 is 5.91 Å². The maximum Gasteiger partial charge on any atom is 0.250 e. The molecule has 2 amide bonds. The lowest BCUT2D eigenvalue weighted by molar-refractivity contribution is -0.125. The summed E-state index contributed by atoms with van der Waals surface area (Å²) in [6, 6.07) is 3.80. The van der Waals surface area contributed by atoms with Gasteiger partial charge in [-0.25, -0.2) is 0 Å². The number of aromatic amines is 1. The van der Waals surface area contributed by atoms with Crippen molar-refractivity contribution in [3.63, 3.8) is 0 Å². The average molecular weight is 326 g/mol. The van der Waals surface area contributed by atoms with Crippen molar-refractivity contribution in [1.82, 2.24) is 9.88 Å². The second-order valence-corrected chi connectivity index (χ2v) is 6.27. The van der Waals surface area contributed by atoms with Gasteiger partial charge in [-0.15, -0.1) is 0 Å². The molecule has 3 rings (SSSR count). The predicted molar refractivity (Wildman–Crippen MR) is 95.1 cm³/mol. The normalized spacial score (nSPS) is 17.2. The van der Waals surface area contributed by atoms with E-state index in [1.54, 1.807) is 11.0 Å². The van der Waals surface area contributed by atoms with E-state index in [4.69, 9.17) is 5.73 Å². The van der Waals surface area contributed by atoms with Crippen LogP contribution in [0.15, 0.2) is 24.8 Å². The zero-order valence-corrected chi connectivity index (χ0v) is 14.0. The molecular weight excluding hydrogens is 304 g/mol. The van der Waals surface area contributed by atoms with Gasteiger partial charge in [0.1, 0.15) is 0 Å². The molecule has 0 saturated carbocycles. The summed E-state index contributed by atoms with van der Waals surface area (Å²) >= 11 is 0. The Morgan fingerprint density at radius 1 is 1.42 bits per heavy atom. The second kappa shape index (κ2) is 6.03. The highest BCUT2D eigenvalue weighted by Crippen LogP contribution is 2.32. The number of amides is 2. The van der Waals surface area contributed by atoms with Crippen molar-refractivity contribution in [3.8, 4) is 0 Å². The number of nitrogens with one attached hydrogen (secondary N) is 2. The van der Waals surface area contributed by atoms with Crippen LogP contribution in [0.4, 0.5) is 5.69 Å². The zero-order chi connectivity index (χ0) is 17.4.